The molecule has 1 saturated heterocycles. The molecule has 1 N–H and O–H groups in total. The molecule has 2 heterocycles. The van der Waals surface area contributed by atoms with Gasteiger partial charge in [0.25, 0.3) is 0 Å². The van der Waals surface area contributed by atoms with Crippen LogP contribution in [0.25, 0.3) is 0 Å². The summed E-state index contributed by atoms with van der Waals surface area (Å²) in [4.78, 5) is 8.52. The summed E-state index contributed by atoms with van der Waals surface area (Å²) in [5.41, 5.74) is 0.285. The lowest BCUT2D eigenvalue weighted by Crippen LogP contribution is -2.63. The normalized spacial score (nSPS) is 25.4. The lowest BCUT2D eigenvalue weighted by Gasteiger charge is -2.48. The van der Waals surface area contributed by atoms with Gasteiger partial charge in [0.15, 0.2) is 0 Å². The number of aryl methyl sites for hydroxylation is 1. The molecule has 1 fully saturated rings. The highest BCUT2D eigenvalue weighted by atomic mass is 32.1. The quantitative estimate of drug-likeness (QED) is 0.917. The van der Waals surface area contributed by atoms with Crippen LogP contribution in [0.3, 0.4) is 0 Å². The summed E-state index contributed by atoms with van der Waals surface area (Å²) >= 11 is 1.83. The summed E-state index contributed by atoms with van der Waals surface area (Å²) in [5, 5.41) is 5.02. The van der Waals surface area contributed by atoms with E-state index in [1.165, 1.54) is 22.7 Å². The third-order valence-electron chi connectivity index (χ3n) is 4.67. The first kappa shape index (κ1) is 14.9. The highest BCUT2D eigenvalue weighted by Gasteiger charge is 2.37. The van der Waals surface area contributed by atoms with Crippen molar-refractivity contribution in [2.24, 2.45) is 0 Å². The summed E-state index contributed by atoms with van der Waals surface area (Å²) in [7, 11) is 0. The molecule has 0 spiro atoms. The zero-order chi connectivity index (χ0) is 14.0. The fourth-order valence-electron chi connectivity index (χ4n) is 2.99. The minimum atomic E-state index is 0.285. The second-order valence-electron chi connectivity index (χ2n) is 5.87. The predicted molar refractivity (Wildman–Crippen MR) is 82.7 cm³/mol. The molecule has 1 aliphatic rings. The summed E-state index contributed by atoms with van der Waals surface area (Å²) in [6, 6.07) is 0.999. The lowest BCUT2D eigenvalue weighted by molar-refractivity contribution is 0.0496. The molecule has 0 radical (unpaired) electrons. The average molecular weight is 281 g/mol. The largest absolute Gasteiger partial charge is 0.308 e. The zero-order valence-corrected chi connectivity index (χ0v) is 13.7. The van der Waals surface area contributed by atoms with Gasteiger partial charge < -0.3 is 5.32 Å². The van der Waals surface area contributed by atoms with Crippen LogP contribution in [0, 0.1) is 6.92 Å². The van der Waals surface area contributed by atoms with Gasteiger partial charge in [-0.15, -0.1) is 11.3 Å². The molecule has 2 rings (SSSR count). The van der Waals surface area contributed by atoms with Crippen LogP contribution in [0.1, 0.15) is 56.5 Å². The van der Waals surface area contributed by atoms with Crippen molar-refractivity contribution in [3.8, 4) is 0 Å². The molecule has 19 heavy (non-hydrogen) atoms. The van der Waals surface area contributed by atoms with Crippen LogP contribution in [0.15, 0.2) is 6.20 Å². The van der Waals surface area contributed by atoms with Crippen LogP contribution in [-0.2, 0) is 0 Å². The molecule has 4 heteroatoms. The molecular formula is C15H27N3S. The minimum absolute atomic E-state index is 0.285. The van der Waals surface area contributed by atoms with Gasteiger partial charge in [0.1, 0.15) is 5.01 Å². The molecule has 1 aromatic rings. The summed E-state index contributed by atoms with van der Waals surface area (Å²) in [6.45, 7) is 13.6. The Bertz CT molecular complexity index is 411. The predicted octanol–water partition coefficient (Wildman–Crippen LogP) is 3.37. The van der Waals surface area contributed by atoms with Crippen LogP contribution in [-0.4, -0.2) is 34.6 Å². The van der Waals surface area contributed by atoms with E-state index in [2.05, 4.69) is 49.8 Å². The van der Waals surface area contributed by atoms with Crippen molar-refractivity contribution >= 4 is 11.3 Å². The lowest BCUT2D eigenvalue weighted by atomic mass is 9.88. The van der Waals surface area contributed by atoms with E-state index in [0.29, 0.717) is 12.1 Å². The number of piperazine rings is 1. The first-order valence-electron chi connectivity index (χ1n) is 7.44. The molecule has 0 aliphatic carbocycles. The van der Waals surface area contributed by atoms with E-state index in [4.69, 9.17) is 0 Å². The fourth-order valence-corrected chi connectivity index (χ4v) is 3.84. The van der Waals surface area contributed by atoms with Crippen molar-refractivity contribution in [2.75, 3.05) is 13.1 Å². The molecule has 2 atom stereocenters. The van der Waals surface area contributed by atoms with Crippen molar-refractivity contribution in [1.82, 2.24) is 15.2 Å². The molecule has 0 amide bonds. The van der Waals surface area contributed by atoms with Gasteiger partial charge in [0.2, 0.25) is 0 Å². The van der Waals surface area contributed by atoms with Crippen molar-refractivity contribution in [3.63, 3.8) is 0 Å². The second kappa shape index (κ2) is 5.90. The maximum absolute atomic E-state index is 4.58. The zero-order valence-electron chi connectivity index (χ0n) is 12.9. The Labute approximate surface area is 121 Å². The molecule has 0 bridgehead atoms. The summed E-state index contributed by atoms with van der Waals surface area (Å²) < 4.78 is 0. The third kappa shape index (κ3) is 3.01. The summed E-state index contributed by atoms with van der Waals surface area (Å²) in [5.74, 6) is 0. The second-order valence-corrected chi connectivity index (χ2v) is 7.14. The maximum Gasteiger partial charge on any atom is 0.110 e. The van der Waals surface area contributed by atoms with Gasteiger partial charge in [-0.05, 0) is 33.6 Å². The van der Waals surface area contributed by atoms with Gasteiger partial charge in [0.05, 0.1) is 6.04 Å². The smallest absolute Gasteiger partial charge is 0.110 e. The van der Waals surface area contributed by atoms with E-state index in [9.17, 15) is 0 Å². The average Bonchev–Trinajstić information content (AvgIpc) is 2.86. The van der Waals surface area contributed by atoms with Crippen molar-refractivity contribution in [1.29, 1.82) is 0 Å². The molecule has 0 aromatic carbocycles. The Hall–Kier alpha value is -0.450. The van der Waals surface area contributed by atoms with E-state index in [1.807, 2.05) is 17.5 Å². The first-order valence-corrected chi connectivity index (χ1v) is 8.26. The Morgan fingerprint density at radius 1 is 1.53 bits per heavy atom. The van der Waals surface area contributed by atoms with Gasteiger partial charge in [-0.25, -0.2) is 4.98 Å². The van der Waals surface area contributed by atoms with Gasteiger partial charge in [-0.1, -0.05) is 13.8 Å². The van der Waals surface area contributed by atoms with Crippen LogP contribution in [0.2, 0.25) is 0 Å². The van der Waals surface area contributed by atoms with E-state index in [0.717, 1.165) is 13.1 Å². The first-order chi connectivity index (χ1) is 9.01. The SMILES string of the molecule is CCC1(CC)CN(C(C)c2ncc(C)s2)C(C)CN1. The highest BCUT2D eigenvalue weighted by Crippen LogP contribution is 2.31. The fraction of sp³-hybridized carbons (Fsp3) is 0.800. The van der Waals surface area contributed by atoms with Crippen molar-refractivity contribution in [2.45, 2.75) is 65.1 Å². The van der Waals surface area contributed by atoms with Crippen LogP contribution < -0.4 is 5.32 Å². The molecule has 0 saturated carbocycles. The number of rotatable bonds is 4. The standard InChI is InChI=1S/C15H27N3S/c1-6-15(7-2)10-18(11(3)8-17-15)13(5)14-16-9-12(4)19-14/h9,11,13,17H,6-8,10H2,1-5H3. The topological polar surface area (TPSA) is 28.2 Å². The number of hydrogen-bond acceptors (Lipinski definition) is 4. The van der Waals surface area contributed by atoms with Crippen molar-refractivity contribution in [3.05, 3.63) is 16.1 Å². The van der Waals surface area contributed by atoms with E-state index in [1.54, 1.807) is 0 Å². The number of thiazole rings is 1. The molecule has 2 unspecified atom stereocenters. The third-order valence-corrected chi connectivity index (χ3v) is 5.75. The van der Waals surface area contributed by atoms with Gasteiger partial charge in [0, 0.05) is 35.7 Å². The van der Waals surface area contributed by atoms with E-state index < -0.39 is 0 Å². The monoisotopic (exact) mass is 281 g/mol. The molecule has 3 nitrogen and oxygen atoms in total. The Balaban J connectivity index is 2.17. The number of nitrogens with zero attached hydrogens (tertiary/aromatic N) is 2. The Morgan fingerprint density at radius 3 is 2.74 bits per heavy atom. The van der Waals surface area contributed by atoms with Crippen LogP contribution >= 0.6 is 11.3 Å². The van der Waals surface area contributed by atoms with E-state index >= 15 is 0 Å². The van der Waals surface area contributed by atoms with Crippen LogP contribution in [0.5, 0.6) is 0 Å². The van der Waals surface area contributed by atoms with Gasteiger partial charge >= 0.3 is 0 Å². The van der Waals surface area contributed by atoms with Gasteiger partial charge in [-0.2, -0.15) is 0 Å². The number of hydrogen-bond donors (Lipinski definition) is 1. The van der Waals surface area contributed by atoms with Gasteiger partial charge in [-0.3, -0.25) is 4.90 Å². The summed E-state index contributed by atoms with van der Waals surface area (Å²) in [6.07, 6.45) is 4.38. The number of aromatic nitrogens is 1. The van der Waals surface area contributed by atoms with Crippen molar-refractivity contribution < 1.29 is 0 Å². The number of nitrogens with one attached hydrogen (secondary N) is 1. The Morgan fingerprint density at radius 2 is 2.21 bits per heavy atom. The van der Waals surface area contributed by atoms with Crippen LogP contribution in [0.4, 0.5) is 0 Å². The molecule has 108 valence electrons. The minimum Gasteiger partial charge on any atom is -0.308 e. The molecular weight excluding hydrogens is 254 g/mol. The van der Waals surface area contributed by atoms with E-state index in [-0.39, 0.29) is 5.54 Å². The molecule has 1 aliphatic heterocycles. The maximum atomic E-state index is 4.58. The molecule has 1 aromatic heterocycles. The highest BCUT2D eigenvalue weighted by molar-refractivity contribution is 7.11. The Kier molecular flexibility index (Phi) is 4.64.